The Hall–Kier alpha value is -1.96. The number of rotatable bonds is 2. The van der Waals surface area contributed by atoms with Gasteiger partial charge in [-0.25, -0.2) is 4.21 Å². The lowest BCUT2D eigenvalue weighted by molar-refractivity contribution is 0.564. The minimum absolute atomic E-state index is 0.366. The molecule has 0 saturated heterocycles. The van der Waals surface area contributed by atoms with E-state index in [2.05, 4.69) is 6.07 Å². The molecule has 0 aromatic heterocycles. The molecule has 0 saturated carbocycles. The van der Waals surface area contributed by atoms with Crippen molar-refractivity contribution in [3.8, 4) is 17.2 Å². The molecule has 0 aliphatic carbocycles. The Kier molecular flexibility index (Phi) is 3.33. The van der Waals surface area contributed by atoms with Crippen LogP contribution in [0.1, 0.15) is 5.56 Å². The van der Waals surface area contributed by atoms with Gasteiger partial charge in [-0.05, 0) is 35.4 Å². The van der Waals surface area contributed by atoms with Crippen molar-refractivity contribution in [1.29, 1.82) is 5.26 Å². The standard InChI is InChI=1S/C13H9NO2S/c14-9-10-2-1-3-12(8-10)11-4-6-13(7-5-11)17(15)16/h1-8H,(H,15,16). The van der Waals surface area contributed by atoms with Crippen LogP contribution in [0.3, 0.4) is 0 Å². The van der Waals surface area contributed by atoms with E-state index in [0.29, 0.717) is 10.5 Å². The minimum Gasteiger partial charge on any atom is -0.302 e. The first-order valence-corrected chi connectivity index (χ1v) is 6.03. The maximum Gasteiger partial charge on any atom is 0.186 e. The van der Waals surface area contributed by atoms with Crippen molar-refractivity contribution < 1.29 is 8.76 Å². The van der Waals surface area contributed by atoms with Gasteiger partial charge in [0, 0.05) is 0 Å². The lowest BCUT2D eigenvalue weighted by atomic mass is 10.0. The zero-order chi connectivity index (χ0) is 12.3. The predicted octanol–water partition coefficient (Wildman–Crippen LogP) is 2.81. The summed E-state index contributed by atoms with van der Waals surface area (Å²) in [6.45, 7) is 0. The largest absolute Gasteiger partial charge is 0.302 e. The summed E-state index contributed by atoms with van der Waals surface area (Å²) in [5.41, 5.74) is 2.42. The van der Waals surface area contributed by atoms with Crippen LogP contribution in [-0.2, 0) is 11.1 Å². The Balaban J connectivity index is 2.40. The fourth-order valence-electron chi connectivity index (χ4n) is 1.53. The zero-order valence-electron chi connectivity index (χ0n) is 8.83. The summed E-state index contributed by atoms with van der Waals surface area (Å²) in [6, 6.07) is 16.0. The first-order chi connectivity index (χ1) is 8.20. The van der Waals surface area contributed by atoms with E-state index in [0.717, 1.165) is 11.1 Å². The average molecular weight is 243 g/mol. The summed E-state index contributed by atoms with van der Waals surface area (Å²) in [4.78, 5) is 0.366. The quantitative estimate of drug-likeness (QED) is 0.825. The van der Waals surface area contributed by atoms with Gasteiger partial charge in [0.15, 0.2) is 11.1 Å². The van der Waals surface area contributed by atoms with Crippen LogP contribution in [0.4, 0.5) is 0 Å². The molecule has 0 heterocycles. The summed E-state index contributed by atoms with van der Waals surface area (Å²) >= 11 is -1.95. The van der Waals surface area contributed by atoms with Crippen LogP contribution in [0.25, 0.3) is 11.1 Å². The molecule has 3 nitrogen and oxygen atoms in total. The molecule has 2 aromatic rings. The van der Waals surface area contributed by atoms with Crippen LogP contribution in [0.5, 0.6) is 0 Å². The van der Waals surface area contributed by atoms with E-state index < -0.39 is 11.1 Å². The van der Waals surface area contributed by atoms with Crippen LogP contribution < -0.4 is 0 Å². The van der Waals surface area contributed by atoms with Crippen molar-refractivity contribution in [2.45, 2.75) is 4.90 Å². The van der Waals surface area contributed by atoms with Gasteiger partial charge in [-0.15, -0.1) is 0 Å². The Labute approximate surface area is 102 Å². The average Bonchev–Trinajstić information content (AvgIpc) is 2.39. The van der Waals surface area contributed by atoms with Crippen LogP contribution in [0.2, 0.25) is 0 Å². The van der Waals surface area contributed by atoms with E-state index in [9.17, 15) is 4.21 Å². The van der Waals surface area contributed by atoms with E-state index >= 15 is 0 Å². The van der Waals surface area contributed by atoms with Crippen molar-refractivity contribution in [3.05, 3.63) is 54.1 Å². The Morgan fingerprint density at radius 1 is 1.06 bits per heavy atom. The molecule has 0 radical (unpaired) electrons. The smallest absolute Gasteiger partial charge is 0.186 e. The van der Waals surface area contributed by atoms with Gasteiger partial charge < -0.3 is 4.55 Å². The molecule has 1 N–H and O–H groups in total. The van der Waals surface area contributed by atoms with Crippen LogP contribution in [0.15, 0.2) is 53.4 Å². The molecule has 0 bridgehead atoms. The van der Waals surface area contributed by atoms with E-state index in [4.69, 9.17) is 9.81 Å². The molecular formula is C13H9NO2S. The lowest BCUT2D eigenvalue weighted by Gasteiger charge is -2.02. The van der Waals surface area contributed by atoms with Gasteiger partial charge in [0.05, 0.1) is 16.5 Å². The van der Waals surface area contributed by atoms with Gasteiger partial charge >= 0.3 is 0 Å². The van der Waals surface area contributed by atoms with Gasteiger partial charge in [0.2, 0.25) is 0 Å². The van der Waals surface area contributed by atoms with Gasteiger partial charge in [-0.1, -0.05) is 24.3 Å². The number of nitriles is 1. The summed E-state index contributed by atoms with van der Waals surface area (Å²) in [5, 5.41) is 8.80. The fraction of sp³-hybridized carbons (Fsp3) is 0. The Bertz CT molecular complexity index is 600. The molecule has 0 amide bonds. The van der Waals surface area contributed by atoms with E-state index in [-0.39, 0.29) is 0 Å². The highest BCUT2D eigenvalue weighted by atomic mass is 32.2. The predicted molar refractivity (Wildman–Crippen MR) is 65.6 cm³/mol. The maximum atomic E-state index is 10.8. The van der Waals surface area contributed by atoms with Crippen molar-refractivity contribution in [3.63, 3.8) is 0 Å². The van der Waals surface area contributed by atoms with E-state index in [1.165, 1.54) is 0 Å². The first-order valence-electron chi connectivity index (χ1n) is 4.92. The summed E-state index contributed by atoms with van der Waals surface area (Å²) in [6.07, 6.45) is 0. The van der Waals surface area contributed by atoms with E-state index in [1.54, 1.807) is 36.4 Å². The molecular weight excluding hydrogens is 234 g/mol. The van der Waals surface area contributed by atoms with Gasteiger partial charge in [-0.3, -0.25) is 0 Å². The topological polar surface area (TPSA) is 61.1 Å². The third kappa shape index (κ3) is 2.59. The molecule has 4 heteroatoms. The highest BCUT2D eigenvalue weighted by molar-refractivity contribution is 7.79. The number of hydrogen-bond donors (Lipinski definition) is 1. The highest BCUT2D eigenvalue weighted by Crippen LogP contribution is 2.21. The van der Waals surface area contributed by atoms with Gasteiger partial charge in [0.25, 0.3) is 0 Å². The molecule has 1 atom stereocenters. The Morgan fingerprint density at radius 3 is 2.35 bits per heavy atom. The summed E-state index contributed by atoms with van der Waals surface area (Å²) in [5.74, 6) is 0. The Morgan fingerprint density at radius 2 is 1.76 bits per heavy atom. The molecule has 84 valence electrons. The normalized spacial score (nSPS) is 11.8. The minimum atomic E-state index is -1.95. The second-order valence-electron chi connectivity index (χ2n) is 3.47. The van der Waals surface area contributed by atoms with Crippen LogP contribution in [0, 0.1) is 11.3 Å². The SMILES string of the molecule is N#Cc1cccc(-c2ccc(S(=O)O)cc2)c1. The second-order valence-corrected chi connectivity index (χ2v) is 4.44. The number of hydrogen-bond acceptors (Lipinski definition) is 2. The number of benzene rings is 2. The zero-order valence-corrected chi connectivity index (χ0v) is 9.65. The maximum absolute atomic E-state index is 10.8. The molecule has 2 rings (SSSR count). The highest BCUT2D eigenvalue weighted by Gasteiger charge is 2.02. The fourth-order valence-corrected chi connectivity index (χ4v) is 1.90. The van der Waals surface area contributed by atoms with E-state index in [1.807, 2.05) is 12.1 Å². The van der Waals surface area contributed by atoms with Crippen LogP contribution in [-0.4, -0.2) is 8.76 Å². The van der Waals surface area contributed by atoms with Gasteiger partial charge in [0.1, 0.15) is 0 Å². The summed E-state index contributed by atoms with van der Waals surface area (Å²) in [7, 11) is 0. The van der Waals surface area contributed by atoms with Crippen LogP contribution >= 0.6 is 0 Å². The monoisotopic (exact) mass is 243 g/mol. The molecule has 1 unspecified atom stereocenters. The third-order valence-electron chi connectivity index (χ3n) is 2.38. The van der Waals surface area contributed by atoms with Crippen molar-refractivity contribution in [1.82, 2.24) is 0 Å². The van der Waals surface area contributed by atoms with Crippen molar-refractivity contribution >= 4 is 11.1 Å². The molecule has 17 heavy (non-hydrogen) atoms. The second kappa shape index (κ2) is 4.91. The van der Waals surface area contributed by atoms with Crippen molar-refractivity contribution in [2.75, 3.05) is 0 Å². The number of nitrogens with zero attached hydrogens (tertiary/aromatic N) is 1. The first kappa shape index (κ1) is 11.5. The lowest BCUT2D eigenvalue weighted by Crippen LogP contribution is -1.87. The van der Waals surface area contributed by atoms with Crippen molar-refractivity contribution in [2.24, 2.45) is 0 Å². The molecule has 0 spiro atoms. The molecule has 0 fully saturated rings. The third-order valence-corrected chi connectivity index (χ3v) is 3.06. The van der Waals surface area contributed by atoms with Gasteiger partial charge in [-0.2, -0.15) is 5.26 Å². The molecule has 0 aliphatic rings. The molecule has 2 aromatic carbocycles. The molecule has 0 aliphatic heterocycles. The summed E-state index contributed by atoms with van der Waals surface area (Å²) < 4.78 is 19.7.